The van der Waals surface area contributed by atoms with Gasteiger partial charge in [-0.05, 0) is 32.4 Å². The van der Waals surface area contributed by atoms with Gasteiger partial charge < -0.3 is 10.2 Å². The van der Waals surface area contributed by atoms with Gasteiger partial charge in [0.25, 0.3) is 0 Å². The van der Waals surface area contributed by atoms with E-state index in [9.17, 15) is 0 Å². The summed E-state index contributed by atoms with van der Waals surface area (Å²) >= 11 is 1.70. The Hall–Kier alpha value is -0.450. The molecular formula is C13H23N3S. The normalized spacial score (nSPS) is 21.8. The summed E-state index contributed by atoms with van der Waals surface area (Å²) in [6.07, 6.45) is 5.00. The zero-order valence-corrected chi connectivity index (χ0v) is 11.5. The lowest BCUT2D eigenvalue weighted by Crippen LogP contribution is -2.46. The Morgan fingerprint density at radius 2 is 2.53 bits per heavy atom. The average molecular weight is 253 g/mol. The molecule has 1 atom stereocenters. The van der Waals surface area contributed by atoms with Crippen LogP contribution in [0.15, 0.2) is 10.9 Å². The molecule has 0 radical (unpaired) electrons. The predicted molar refractivity (Wildman–Crippen MR) is 73.6 cm³/mol. The molecule has 0 aliphatic carbocycles. The predicted octanol–water partition coefficient (Wildman–Crippen LogP) is 2.15. The number of hydrogen-bond donors (Lipinski definition) is 1. The highest BCUT2D eigenvalue weighted by Gasteiger charge is 2.18. The van der Waals surface area contributed by atoms with Gasteiger partial charge in [-0.25, -0.2) is 4.98 Å². The van der Waals surface area contributed by atoms with Crippen LogP contribution in [-0.2, 0) is 6.42 Å². The van der Waals surface area contributed by atoms with Gasteiger partial charge in [0.1, 0.15) is 0 Å². The molecular weight excluding hydrogens is 230 g/mol. The maximum absolute atomic E-state index is 4.35. The van der Waals surface area contributed by atoms with Gasteiger partial charge in [-0.3, -0.25) is 0 Å². The van der Waals surface area contributed by atoms with E-state index < -0.39 is 0 Å². The summed E-state index contributed by atoms with van der Waals surface area (Å²) in [4.78, 5) is 6.93. The lowest BCUT2D eigenvalue weighted by Gasteiger charge is -2.33. The molecule has 2 rings (SSSR count). The summed E-state index contributed by atoms with van der Waals surface area (Å²) < 4.78 is 0. The van der Waals surface area contributed by atoms with Crippen molar-refractivity contribution < 1.29 is 0 Å². The van der Waals surface area contributed by atoms with Crippen molar-refractivity contribution in [2.24, 2.45) is 0 Å². The molecule has 1 N–H and O–H groups in total. The van der Waals surface area contributed by atoms with Crippen molar-refractivity contribution in [3.05, 3.63) is 16.6 Å². The number of hydrogen-bond acceptors (Lipinski definition) is 4. The number of nitrogens with zero attached hydrogens (tertiary/aromatic N) is 2. The van der Waals surface area contributed by atoms with Gasteiger partial charge in [0, 0.05) is 30.9 Å². The minimum atomic E-state index is 0.708. The second-order valence-electron chi connectivity index (χ2n) is 4.82. The minimum Gasteiger partial charge on any atom is -0.313 e. The molecule has 1 fully saturated rings. The number of aromatic nitrogens is 1. The summed E-state index contributed by atoms with van der Waals surface area (Å²) in [6.45, 7) is 7.02. The molecule has 1 unspecified atom stereocenters. The van der Waals surface area contributed by atoms with Crippen molar-refractivity contribution in [1.82, 2.24) is 15.2 Å². The molecule has 4 heteroatoms. The Bertz CT molecular complexity index is 300. The molecule has 2 heterocycles. The lowest BCUT2D eigenvalue weighted by atomic mass is 10.1. The lowest BCUT2D eigenvalue weighted by molar-refractivity contribution is 0.192. The van der Waals surface area contributed by atoms with Gasteiger partial charge in [0.15, 0.2) is 0 Å². The van der Waals surface area contributed by atoms with Gasteiger partial charge in [0.2, 0.25) is 0 Å². The minimum absolute atomic E-state index is 0.708. The van der Waals surface area contributed by atoms with Crippen LogP contribution < -0.4 is 5.32 Å². The first-order valence-electron chi connectivity index (χ1n) is 6.71. The van der Waals surface area contributed by atoms with Crippen molar-refractivity contribution in [2.75, 3.05) is 26.2 Å². The van der Waals surface area contributed by atoms with E-state index >= 15 is 0 Å². The van der Waals surface area contributed by atoms with Crippen LogP contribution in [0.1, 0.15) is 31.9 Å². The second-order valence-corrected chi connectivity index (χ2v) is 5.54. The van der Waals surface area contributed by atoms with E-state index in [2.05, 4.69) is 27.5 Å². The summed E-state index contributed by atoms with van der Waals surface area (Å²) in [7, 11) is 0. The molecule has 0 aromatic carbocycles. The van der Waals surface area contributed by atoms with Crippen LogP contribution >= 0.6 is 11.3 Å². The molecule has 1 aliphatic rings. The highest BCUT2D eigenvalue weighted by atomic mass is 32.1. The number of rotatable bonds is 6. The largest absolute Gasteiger partial charge is 0.313 e. The zero-order valence-electron chi connectivity index (χ0n) is 10.7. The molecule has 0 amide bonds. The average Bonchev–Trinajstić information content (AvgIpc) is 2.87. The van der Waals surface area contributed by atoms with E-state index in [4.69, 9.17) is 0 Å². The van der Waals surface area contributed by atoms with E-state index in [0.29, 0.717) is 6.04 Å². The monoisotopic (exact) mass is 253 g/mol. The molecule has 1 aliphatic heterocycles. The molecule has 0 bridgehead atoms. The Labute approximate surface area is 108 Å². The quantitative estimate of drug-likeness (QED) is 0.842. The van der Waals surface area contributed by atoms with Crippen LogP contribution in [0.3, 0.4) is 0 Å². The van der Waals surface area contributed by atoms with E-state index in [-0.39, 0.29) is 0 Å². The summed E-state index contributed by atoms with van der Waals surface area (Å²) in [5.41, 5.74) is 3.18. The molecule has 1 aromatic heterocycles. The highest BCUT2D eigenvalue weighted by molar-refractivity contribution is 7.07. The van der Waals surface area contributed by atoms with Crippen LogP contribution in [0.25, 0.3) is 0 Å². The molecule has 1 aromatic rings. The van der Waals surface area contributed by atoms with Crippen molar-refractivity contribution in [2.45, 2.75) is 38.6 Å². The van der Waals surface area contributed by atoms with Crippen LogP contribution in [0, 0.1) is 0 Å². The van der Waals surface area contributed by atoms with E-state index in [1.165, 1.54) is 38.0 Å². The molecule has 0 spiro atoms. The standard InChI is InChI=1S/C13H23N3S/c1-2-6-14-12-4-3-7-16(9-12)8-5-13-10-17-11-15-13/h10-12,14H,2-9H2,1H3. The Kier molecular flexibility index (Phi) is 5.42. The van der Waals surface area contributed by atoms with E-state index in [1.54, 1.807) is 11.3 Å². The number of piperidine rings is 1. The van der Waals surface area contributed by atoms with Crippen molar-refractivity contribution in [3.63, 3.8) is 0 Å². The third-order valence-corrected chi connectivity index (χ3v) is 3.99. The molecule has 17 heavy (non-hydrogen) atoms. The van der Waals surface area contributed by atoms with Crippen LogP contribution in [0.2, 0.25) is 0 Å². The molecule has 0 saturated carbocycles. The molecule has 96 valence electrons. The fourth-order valence-corrected chi connectivity index (χ4v) is 3.00. The third kappa shape index (κ3) is 4.37. The van der Waals surface area contributed by atoms with Crippen LogP contribution in [-0.4, -0.2) is 42.1 Å². The Balaban J connectivity index is 1.69. The SMILES string of the molecule is CCCNC1CCCN(CCc2cscn2)C1. The topological polar surface area (TPSA) is 28.2 Å². The fourth-order valence-electron chi connectivity index (χ4n) is 2.41. The number of thiazole rings is 1. The fraction of sp³-hybridized carbons (Fsp3) is 0.769. The van der Waals surface area contributed by atoms with Crippen molar-refractivity contribution in [3.8, 4) is 0 Å². The third-order valence-electron chi connectivity index (χ3n) is 3.36. The first-order chi connectivity index (χ1) is 8.38. The molecule has 3 nitrogen and oxygen atoms in total. The van der Waals surface area contributed by atoms with Crippen LogP contribution in [0.5, 0.6) is 0 Å². The number of likely N-dealkylation sites (tertiary alicyclic amines) is 1. The maximum Gasteiger partial charge on any atom is 0.0794 e. The number of nitrogens with one attached hydrogen (secondary N) is 1. The summed E-state index contributed by atoms with van der Waals surface area (Å²) in [6, 6.07) is 0.708. The van der Waals surface area contributed by atoms with Gasteiger partial charge in [-0.1, -0.05) is 6.92 Å². The zero-order chi connectivity index (χ0) is 11.9. The van der Waals surface area contributed by atoms with Crippen molar-refractivity contribution >= 4 is 11.3 Å². The second kappa shape index (κ2) is 7.09. The highest BCUT2D eigenvalue weighted by Crippen LogP contribution is 2.11. The summed E-state index contributed by atoms with van der Waals surface area (Å²) in [5.74, 6) is 0. The smallest absolute Gasteiger partial charge is 0.0794 e. The van der Waals surface area contributed by atoms with Gasteiger partial charge >= 0.3 is 0 Å². The Morgan fingerprint density at radius 3 is 3.29 bits per heavy atom. The maximum atomic E-state index is 4.35. The summed E-state index contributed by atoms with van der Waals surface area (Å²) in [5, 5.41) is 5.80. The van der Waals surface area contributed by atoms with Crippen molar-refractivity contribution in [1.29, 1.82) is 0 Å². The Morgan fingerprint density at radius 1 is 1.59 bits per heavy atom. The van der Waals surface area contributed by atoms with Crippen LogP contribution in [0.4, 0.5) is 0 Å². The first-order valence-corrected chi connectivity index (χ1v) is 7.65. The van der Waals surface area contributed by atoms with Gasteiger partial charge in [-0.2, -0.15) is 0 Å². The van der Waals surface area contributed by atoms with E-state index in [1.807, 2.05) is 5.51 Å². The van der Waals surface area contributed by atoms with Gasteiger partial charge in [0.05, 0.1) is 11.2 Å². The first kappa shape index (κ1) is 13.0. The molecule has 1 saturated heterocycles. The van der Waals surface area contributed by atoms with E-state index in [0.717, 1.165) is 19.5 Å². The van der Waals surface area contributed by atoms with Gasteiger partial charge in [-0.15, -0.1) is 11.3 Å².